The van der Waals surface area contributed by atoms with Crippen molar-refractivity contribution in [3.05, 3.63) is 64.1 Å². The number of anilines is 1. The Kier molecular flexibility index (Phi) is 4.50. The fourth-order valence-corrected chi connectivity index (χ4v) is 1.94. The topological polar surface area (TPSA) is 34.0 Å². The van der Waals surface area contributed by atoms with Crippen molar-refractivity contribution in [2.75, 3.05) is 5.32 Å². The molecule has 5 heteroatoms. The molecule has 0 aliphatic rings. The van der Waals surface area contributed by atoms with Gasteiger partial charge in [-0.05, 0) is 24.6 Å². The van der Waals surface area contributed by atoms with E-state index in [0.717, 1.165) is 6.42 Å². The fraction of sp³-hybridized carbons (Fsp3) is 0.267. The maximum absolute atomic E-state index is 13.5. The summed E-state index contributed by atoms with van der Waals surface area (Å²) in [6, 6.07) is 6.81. The molecule has 2 aromatic rings. The van der Waals surface area contributed by atoms with E-state index in [4.69, 9.17) is 0 Å². The van der Waals surface area contributed by atoms with E-state index in [0.29, 0.717) is 12.2 Å². The number of hydrogen-bond donors (Lipinski definition) is 1. The van der Waals surface area contributed by atoms with Gasteiger partial charge in [0, 0.05) is 30.9 Å². The highest BCUT2D eigenvalue weighted by Gasteiger charge is 2.08. The van der Waals surface area contributed by atoms with E-state index >= 15 is 0 Å². The van der Waals surface area contributed by atoms with Crippen LogP contribution in [0.2, 0.25) is 0 Å². The van der Waals surface area contributed by atoms with Gasteiger partial charge in [0.2, 0.25) is 0 Å². The highest BCUT2D eigenvalue weighted by molar-refractivity contribution is 5.41. The summed E-state index contributed by atoms with van der Waals surface area (Å²) in [7, 11) is 0. The number of pyridine rings is 1. The normalized spacial score (nSPS) is 10.6. The van der Waals surface area contributed by atoms with E-state index in [-0.39, 0.29) is 17.7 Å². The van der Waals surface area contributed by atoms with E-state index < -0.39 is 11.6 Å². The zero-order valence-electron chi connectivity index (χ0n) is 11.2. The van der Waals surface area contributed by atoms with Crippen LogP contribution >= 0.6 is 0 Å². The maximum atomic E-state index is 13.5. The van der Waals surface area contributed by atoms with E-state index in [9.17, 15) is 13.6 Å². The fourth-order valence-electron chi connectivity index (χ4n) is 1.94. The lowest BCUT2D eigenvalue weighted by Gasteiger charge is -2.10. The first-order chi connectivity index (χ1) is 9.61. The van der Waals surface area contributed by atoms with Gasteiger partial charge >= 0.3 is 0 Å². The Bertz CT molecular complexity index is 632. The van der Waals surface area contributed by atoms with Gasteiger partial charge < -0.3 is 9.88 Å². The van der Waals surface area contributed by atoms with Crippen molar-refractivity contribution in [1.82, 2.24) is 4.57 Å². The first kappa shape index (κ1) is 14.2. The number of nitrogens with zero attached hydrogens (tertiary/aromatic N) is 1. The predicted molar refractivity (Wildman–Crippen MR) is 74.7 cm³/mol. The molecule has 20 heavy (non-hydrogen) atoms. The third kappa shape index (κ3) is 3.23. The largest absolute Gasteiger partial charge is 0.380 e. The molecule has 0 bridgehead atoms. The first-order valence-corrected chi connectivity index (χ1v) is 6.49. The van der Waals surface area contributed by atoms with Crippen molar-refractivity contribution in [2.45, 2.75) is 26.4 Å². The molecule has 2 rings (SSSR count). The molecule has 1 aromatic carbocycles. The molecule has 0 unspecified atom stereocenters. The van der Waals surface area contributed by atoms with Gasteiger partial charge in [-0.25, -0.2) is 8.78 Å². The van der Waals surface area contributed by atoms with E-state index in [1.165, 1.54) is 24.3 Å². The number of aromatic nitrogens is 1. The number of benzene rings is 1. The Morgan fingerprint density at radius 2 is 1.85 bits per heavy atom. The summed E-state index contributed by atoms with van der Waals surface area (Å²) in [6.45, 7) is 2.62. The SMILES string of the molecule is CCCn1cc(NCc2c(F)cccc2F)ccc1=O. The van der Waals surface area contributed by atoms with Crippen molar-refractivity contribution in [1.29, 1.82) is 0 Å². The monoisotopic (exact) mass is 278 g/mol. The number of nitrogens with one attached hydrogen (secondary N) is 1. The van der Waals surface area contributed by atoms with Crippen LogP contribution in [0.15, 0.2) is 41.3 Å². The van der Waals surface area contributed by atoms with Gasteiger partial charge in [-0.1, -0.05) is 13.0 Å². The van der Waals surface area contributed by atoms with Crippen LogP contribution in [0.3, 0.4) is 0 Å². The summed E-state index contributed by atoms with van der Waals surface area (Å²) < 4.78 is 28.5. The summed E-state index contributed by atoms with van der Waals surface area (Å²) >= 11 is 0. The minimum atomic E-state index is -0.584. The molecule has 0 aliphatic heterocycles. The average molecular weight is 278 g/mol. The van der Waals surface area contributed by atoms with Crippen LogP contribution in [0.4, 0.5) is 14.5 Å². The Hall–Kier alpha value is -2.17. The lowest BCUT2D eigenvalue weighted by molar-refractivity contribution is 0.560. The lowest BCUT2D eigenvalue weighted by atomic mass is 10.2. The highest BCUT2D eigenvalue weighted by atomic mass is 19.1. The number of aryl methyl sites for hydroxylation is 1. The quantitative estimate of drug-likeness (QED) is 0.911. The van der Waals surface area contributed by atoms with Gasteiger partial charge in [-0.3, -0.25) is 4.79 Å². The van der Waals surface area contributed by atoms with Crippen molar-refractivity contribution in [2.24, 2.45) is 0 Å². The zero-order valence-corrected chi connectivity index (χ0v) is 11.2. The third-order valence-electron chi connectivity index (χ3n) is 2.98. The van der Waals surface area contributed by atoms with Gasteiger partial charge in [-0.2, -0.15) is 0 Å². The van der Waals surface area contributed by atoms with Gasteiger partial charge in [-0.15, -0.1) is 0 Å². The summed E-state index contributed by atoms with van der Waals surface area (Å²) in [5.74, 6) is -1.17. The maximum Gasteiger partial charge on any atom is 0.250 e. The van der Waals surface area contributed by atoms with Crippen LogP contribution in [0.1, 0.15) is 18.9 Å². The van der Waals surface area contributed by atoms with Crippen LogP contribution < -0.4 is 10.9 Å². The van der Waals surface area contributed by atoms with Crippen LogP contribution in [0.25, 0.3) is 0 Å². The second-order valence-electron chi connectivity index (χ2n) is 4.50. The molecular formula is C15H16F2N2O. The van der Waals surface area contributed by atoms with E-state index in [1.54, 1.807) is 16.8 Å². The first-order valence-electron chi connectivity index (χ1n) is 6.49. The minimum absolute atomic E-state index is 0.0132. The molecule has 0 saturated carbocycles. The Labute approximate surface area is 115 Å². The molecule has 0 fully saturated rings. The Morgan fingerprint density at radius 1 is 1.15 bits per heavy atom. The molecular weight excluding hydrogens is 262 g/mol. The average Bonchev–Trinajstić information content (AvgIpc) is 2.42. The molecule has 0 saturated heterocycles. The zero-order chi connectivity index (χ0) is 14.5. The van der Waals surface area contributed by atoms with E-state index in [2.05, 4.69) is 5.32 Å². The van der Waals surface area contributed by atoms with Crippen molar-refractivity contribution in [3.63, 3.8) is 0 Å². The van der Waals surface area contributed by atoms with Crippen LogP contribution in [-0.2, 0) is 13.1 Å². The molecule has 1 N–H and O–H groups in total. The molecule has 0 atom stereocenters. The van der Waals surface area contributed by atoms with Gasteiger partial charge in [0.15, 0.2) is 0 Å². The van der Waals surface area contributed by atoms with Crippen molar-refractivity contribution in [3.8, 4) is 0 Å². The van der Waals surface area contributed by atoms with Gasteiger partial charge in [0.05, 0.1) is 5.69 Å². The van der Waals surface area contributed by atoms with Crippen LogP contribution in [0, 0.1) is 11.6 Å². The second kappa shape index (κ2) is 6.32. The molecule has 1 heterocycles. The van der Waals surface area contributed by atoms with Gasteiger partial charge in [0.25, 0.3) is 5.56 Å². The predicted octanol–water partition coefficient (Wildman–Crippen LogP) is 3.15. The molecule has 0 radical (unpaired) electrons. The van der Waals surface area contributed by atoms with Crippen molar-refractivity contribution >= 4 is 5.69 Å². The number of rotatable bonds is 5. The molecule has 0 spiro atoms. The molecule has 106 valence electrons. The third-order valence-corrected chi connectivity index (χ3v) is 2.98. The van der Waals surface area contributed by atoms with E-state index in [1.807, 2.05) is 6.92 Å². The molecule has 3 nitrogen and oxygen atoms in total. The Balaban J connectivity index is 2.15. The van der Waals surface area contributed by atoms with Crippen LogP contribution in [0.5, 0.6) is 0 Å². The summed E-state index contributed by atoms with van der Waals surface area (Å²) in [4.78, 5) is 11.6. The lowest BCUT2D eigenvalue weighted by Crippen LogP contribution is -2.19. The standard InChI is InChI=1S/C15H16F2N2O/c1-2-8-19-10-11(6-7-15(19)20)18-9-12-13(16)4-3-5-14(12)17/h3-7,10,18H,2,8-9H2,1H3. The van der Waals surface area contributed by atoms with Crippen molar-refractivity contribution < 1.29 is 8.78 Å². The van der Waals surface area contributed by atoms with Crippen LogP contribution in [-0.4, -0.2) is 4.57 Å². The molecule has 0 aliphatic carbocycles. The second-order valence-corrected chi connectivity index (χ2v) is 4.50. The highest BCUT2D eigenvalue weighted by Crippen LogP contribution is 2.14. The summed E-state index contributed by atoms with van der Waals surface area (Å²) in [5.41, 5.74) is 0.552. The molecule has 0 amide bonds. The number of halogens is 2. The Morgan fingerprint density at radius 3 is 2.50 bits per heavy atom. The minimum Gasteiger partial charge on any atom is -0.380 e. The summed E-state index contributed by atoms with van der Waals surface area (Å²) in [5, 5.41) is 2.93. The summed E-state index contributed by atoms with van der Waals surface area (Å²) in [6.07, 6.45) is 2.50. The smallest absolute Gasteiger partial charge is 0.250 e. The molecule has 1 aromatic heterocycles. The number of hydrogen-bond acceptors (Lipinski definition) is 2. The van der Waals surface area contributed by atoms with Gasteiger partial charge in [0.1, 0.15) is 11.6 Å².